The normalized spacial score (nSPS) is 21.4. The van der Waals surface area contributed by atoms with Gasteiger partial charge in [0.05, 0.1) is 10.8 Å². The molecule has 40 heavy (non-hydrogen) atoms. The first-order valence-electron chi connectivity index (χ1n) is 13.9. The predicted molar refractivity (Wildman–Crippen MR) is 170 cm³/mol. The van der Waals surface area contributed by atoms with E-state index in [1.54, 1.807) is 0 Å². The first-order valence-corrected chi connectivity index (χ1v) is 14.6. The Morgan fingerprint density at radius 3 is 1.62 bits per heavy atom. The van der Waals surface area contributed by atoms with Gasteiger partial charge in [-0.2, -0.15) is 0 Å². The molecule has 2 spiro atoms. The second-order valence-electron chi connectivity index (χ2n) is 11.0. The first kappa shape index (κ1) is 23.7. The molecular weight excluding hydrogens is 548 g/mol. The van der Waals surface area contributed by atoms with Crippen LogP contribution in [0.1, 0.15) is 51.4 Å². The van der Waals surface area contributed by atoms with Gasteiger partial charge in [-0.05, 0) is 74.2 Å². The van der Waals surface area contributed by atoms with Crippen LogP contribution in [0.5, 0.6) is 0 Å². The quantitative estimate of drug-likeness (QED) is 0.180. The lowest BCUT2D eigenvalue weighted by atomic mass is 9.52. The van der Waals surface area contributed by atoms with E-state index in [1.165, 1.54) is 66.8 Å². The molecule has 0 saturated carbocycles. The van der Waals surface area contributed by atoms with Gasteiger partial charge in [0.1, 0.15) is 0 Å². The highest BCUT2D eigenvalue weighted by molar-refractivity contribution is 9.10. The SMILES string of the molecule is C=C/C=C\C1=C(C)C2(c3ccccc31)c1ccccc1C1(c3ccccc3-c3c(Br)cccc31)c1ccccc12. The van der Waals surface area contributed by atoms with E-state index < -0.39 is 5.41 Å². The molecule has 0 atom stereocenters. The molecule has 190 valence electrons. The smallest absolute Gasteiger partial charge is 0.0720 e. The summed E-state index contributed by atoms with van der Waals surface area (Å²) in [6.07, 6.45) is 6.18. The van der Waals surface area contributed by atoms with Gasteiger partial charge in [0.25, 0.3) is 0 Å². The minimum absolute atomic E-state index is 0.389. The van der Waals surface area contributed by atoms with Crippen molar-refractivity contribution in [3.05, 3.63) is 195 Å². The average Bonchev–Trinajstić information content (AvgIpc) is 3.43. The highest BCUT2D eigenvalue weighted by Gasteiger charge is 2.58. The Balaban J connectivity index is 1.60. The summed E-state index contributed by atoms with van der Waals surface area (Å²) < 4.78 is 1.14. The number of allylic oxidation sites excluding steroid dienone is 5. The molecule has 0 fully saturated rings. The molecule has 0 heterocycles. The maximum absolute atomic E-state index is 3.96. The van der Waals surface area contributed by atoms with E-state index in [1.807, 2.05) is 6.08 Å². The molecule has 0 nitrogen and oxygen atoms in total. The maximum Gasteiger partial charge on any atom is 0.0720 e. The fourth-order valence-electron chi connectivity index (χ4n) is 8.15. The Labute approximate surface area is 244 Å². The molecule has 5 aromatic carbocycles. The molecule has 0 saturated heterocycles. The van der Waals surface area contributed by atoms with Crippen molar-refractivity contribution >= 4 is 21.5 Å². The van der Waals surface area contributed by atoms with E-state index in [-0.39, 0.29) is 5.41 Å². The molecule has 1 heteroatoms. The van der Waals surface area contributed by atoms with Crippen LogP contribution in [0.2, 0.25) is 0 Å². The van der Waals surface area contributed by atoms with Gasteiger partial charge in [-0.3, -0.25) is 0 Å². The summed E-state index contributed by atoms with van der Waals surface area (Å²) in [4.78, 5) is 0. The molecule has 8 rings (SSSR count). The highest BCUT2D eigenvalue weighted by Crippen LogP contribution is 2.67. The summed E-state index contributed by atoms with van der Waals surface area (Å²) in [6, 6.07) is 43.1. The first-order chi connectivity index (χ1) is 19.7. The molecule has 0 aromatic heterocycles. The van der Waals surface area contributed by atoms with E-state index in [9.17, 15) is 0 Å². The monoisotopic (exact) mass is 574 g/mol. The molecule has 0 N–H and O–H groups in total. The van der Waals surface area contributed by atoms with E-state index in [2.05, 4.69) is 157 Å². The maximum atomic E-state index is 3.96. The van der Waals surface area contributed by atoms with Crippen LogP contribution >= 0.6 is 15.9 Å². The van der Waals surface area contributed by atoms with Crippen LogP contribution in [0.25, 0.3) is 16.7 Å². The molecule has 3 aliphatic carbocycles. The summed E-state index contributed by atoms with van der Waals surface area (Å²) in [5.41, 5.74) is 15.3. The Morgan fingerprint density at radius 1 is 0.550 bits per heavy atom. The number of halogens is 1. The van der Waals surface area contributed by atoms with Gasteiger partial charge < -0.3 is 0 Å². The second-order valence-corrected chi connectivity index (χ2v) is 11.8. The van der Waals surface area contributed by atoms with E-state index in [4.69, 9.17) is 0 Å². The van der Waals surface area contributed by atoms with E-state index in [0.29, 0.717) is 0 Å². The summed E-state index contributed by atoms with van der Waals surface area (Å²) >= 11 is 3.95. The van der Waals surface area contributed by atoms with Crippen LogP contribution in [0.3, 0.4) is 0 Å². The van der Waals surface area contributed by atoms with Gasteiger partial charge in [0, 0.05) is 10.0 Å². The third-order valence-electron chi connectivity index (χ3n) is 9.47. The average molecular weight is 576 g/mol. The van der Waals surface area contributed by atoms with Gasteiger partial charge >= 0.3 is 0 Å². The molecule has 0 amide bonds. The van der Waals surface area contributed by atoms with Crippen LogP contribution in [-0.2, 0) is 10.8 Å². The van der Waals surface area contributed by atoms with E-state index >= 15 is 0 Å². The van der Waals surface area contributed by atoms with Gasteiger partial charge in [-0.15, -0.1) is 0 Å². The number of rotatable bonds is 2. The van der Waals surface area contributed by atoms with Crippen molar-refractivity contribution in [2.75, 3.05) is 0 Å². The van der Waals surface area contributed by atoms with Crippen molar-refractivity contribution in [2.45, 2.75) is 17.8 Å². The lowest BCUT2D eigenvalue weighted by molar-refractivity contribution is 0.622. The molecular formula is C39H27Br. The number of hydrogen-bond donors (Lipinski definition) is 0. The zero-order chi connectivity index (χ0) is 27.1. The van der Waals surface area contributed by atoms with Crippen molar-refractivity contribution in [2.24, 2.45) is 0 Å². The third-order valence-corrected chi connectivity index (χ3v) is 10.1. The lowest BCUT2D eigenvalue weighted by Crippen LogP contribution is -2.43. The Morgan fingerprint density at radius 2 is 1.02 bits per heavy atom. The number of fused-ring (bicyclic) bond motifs is 13. The standard InChI is InChI=1S/C39H27Br/c1-3-4-14-26-25(2)38(29-17-7-5-15-27(26)29)31-19-9-11-21-33(31)39(34-22-12-10-20-32(34)38)30-18-8-6-16-28(30)37-35(39)23-13-24-36(37)40/h3-24H,1H2,2H3/b14-4-. The summed E-state index contributed by atoms with van der Waals surface area (Å²) in [7, 11) is 0. The van der Waals surface area contributed by atoms with Gasteiger partial charge in [0.2, 0.25) is 0 Å². The van der Waals surface area contributed by atoms with Crippen molar-refractivity contribution in [1.82, 2.24) is 0 Å². The van der Waals surface area contributed by atoms with Crippen LogP contribution in [0.15, 0.2) is 150 Å². The third kappa shape index (κ3) is 2.62. The van der Waals surface area contributed by atoms with Crippen molar-refractivity contribution in [3.63, 3.8) is 0 Å². The number of benzene rings is 5. The minimum Gasteiger partial charge on any atom is -0.0991 e. The Hall–Kier alpha value is -4.20. The zero-order valence-electron chi connectivity index (χ0n) is 22.3. The zero-order valence-corrected chi connectivity index (χ0v) is 23.9. The highest BCUT2D eigenvalue weighted by atomic mass is 79.9. The summed E-state index contributed by atoms with van der Waals surface area (Å²) in [5, 5.41) is 0. The van der Waals surface area contributed by atoms with Gasteiger partial charge in [-0.25, -0.2) is 0 Å². The minimum atomic E-state index is -0.414. The van der Waals surface area contributed by atoms with Crippen LogP contribution in [0.4, 0.5) is 0 Å². The molecule has 0 radical (unpaired) electrons. The van der Waals surface area contributed by atoms with Crippen LogP contribution in [0, 0.1) is 0 Å². The molecule has 5 aromatic rings. The van der Waals surface area contributed by atoms with Crippen molar-refractivity contribution in [3.8, 4) is 11.1 Å². The van der Waals surface area contributed by atoms with Crippen molar-refractivity contribution in [1.29, 1.82) is 0 Å². The Bertz CT molecular complexity index is 1900. The van der Waals surface area contributed by atoms with Gasteiger partial charge in [0.15, 0.2) is 0 Å². The topological polar surface area (TPSA) is 0 Å². The molecule has 0 aliphatic heterocycles. The predicted octanol–water partition coefficient (Wildman–Crippen LogP) is 9.99. The largest absolute Gasteiger partial charge is 0.0991 e. The summed E-state index contributed by atoms with van der Waals surface area (Å²) in [6.45, 7) is 6.30. The molecule has 0 bridgehead atoms. The van der Waals surface area contributed by atoms with Crippen LogP contribution in [-0.4, -0.2) is 0 Å². The lowest BCUT2D eigenvalue weighted by Gasteiger charge is -2.49. The van der Waals surface area contributed by atoms with Gasteiger partial charge in [-0.1, -0.05) is 150 Å². The van der Waals surface area contributed by atoms with Crippen molar-refractivity contribution < 1.29 is 0 Å². The van der Waals surface area contributed by atoms with E-state index in [0.717, 1.165) is 4.47 Å². The number of hydrogen-bond acceptors (Lipinski definition) is 0. The fraction of sp³-hybridized carbons (Fsp3) is 0.0769. The molecule has 0 unspecified atom stereocenters. The second kappa shape index (κ2) is 8.40. The molecule has 3 aliphatic rings. The Kier molecular flexibility index (Phi) is 4.97. The summed E-state index contributed by atoms with van der Waals surface area (Å²) in [5.74, 6) is 0. The van der Waals surface area contributed by atoms with Crippen LogP contribution < -0.4 is 0 Å². The fourth-order valence-corrected chi connectivity index (χ4v) is 8.73.